The summed E-state index contributed by atoms with van der Waals surface area (Å²) in [5, 5.41) is 2.53. The molecule has 0 aliphatic carbocycles. The van der Waals surface area contributed by atoms with Crippen molar-refractivity contribution in [3.05, 3.63) is 83.7 Å². The van der Waals surface area contributed by atoms with Crippen LogP contribution in [0.1, 0.15) is 0 Å². The summed E-state index contributed by atoms with van der Waals surface area (Å²) in [6.07, 6.45) is 1.47. The average molecular weight is 485 g/mol. The number of nitrogens with zero attached hydrogens (tertiary/aromatic N) is 2. The third kappa shape index (κ3) is 4.52. The summed E-state index contributed by atoms with van der Waals surface area (Å²) in [6, 6.07) is 16.8. The molecule has 11 heteroatoms. The van der Waals surface area contributed by atoms with E-state index in [1.54, 1.807) is 36.4 Å². The SMILES string of the molecule is COc1ccc(N2C(=O)C(Cl)=C(Nc3ccc(S(=O)(=O)Nc4ccccn4)cc3)C2=O)cc1. The lowest BCUT2D eigenvalue weighted by atomic mass is 10.2. The van der Waals surface area contributed by atoms with Crippen molar-refractivity contribution in [3.63, 3.8) is 0 Å². The van der Waals surface area contributed by atoms with Gasteiger partial charge in [-0.1, -0.05) is 17.7 Å². The monoisotopic (exact) mass is 484 g/mol. The lowest BCUT2D eigenvalue weighted by molar-refractivity contribution is -0.120. The molecule has 1 aliphatic heterocycles. The summed E-state index contributed by atoms with van der Waals surface area (Å²) in [6.45, 7) is 0. The Kier molecular flexibility index (Phi) is 6.03. The number of pyridine rings is 1. The second-order valence-corrected chi connectivity index (χ2v) is 8.86. The van der Waals surface area contributed by atoms with Gasteiger partial charge in [0.15, 0.2) is 0 Å². The van der Waals surface area contributed by atoms with Crippen LogP contribution in [0.2, 0.25) is 0 Å². The van der Waals surface area contributed by atoms with Crippen molar-refractivity contribution in [2.24, 2.45) is 0 Å². The van der Waals surface area contributed by atoms with Crippen LogP contribution in [-0.2, 0) is 19.6 Å². The maximum absolute atomic E-state index is 12.9. The van der Waals surface area contributed by atoms with Gasteiger partial charge in [0, 0.05) is 11.9 Å². The molecule has 1 aliphatic rings. The Morgan fingerprint density at radius 3 is 2.24 bits per heavy atom. The Bertz CT molecular complexity index is 1340. The minimum absolute atomic E-state index is 0.00698. The molecule has 0 spiro atoms. The topological polar surface area (TPSA) is 118 Å². The molecule has 2 N–H and O–H groups in total. The van der Waals surface area contributed by atoms with E-state index in [0.717, 1.165) is 4.90 Å². The maximum Gasteiger partial charge on any atom is 0.283 e. The molecule has 0 saturated carbocycles. The van der Waals surface area contributed by atoms with Crippen LogP contribution in [0.4, 0.5) is 17.2 Å². The molecule has 0 unspecified atom stereocenters. The van der Waals surface area contributed by atoms with E-state index in [4.69, 9.17) is 16.3 Å². The van der Waals surface area contributed by atoms with Gasteiger partial charge in [-0.3, -0.25) is 14.3 Å². The molecular weight excluding hydrogens is 468 g/mol. The summed E-state index contributed by atoms with van der Waals surface area (Å²) in [5.41, 5.74) is 0.597. The molecule has 3 aromatic rings. The second kappa shape index (κ2) is 8.93. The van der Waals surface area contributed by atoms with Crippen LogP contribution in [0.25, 0.3) is 0 Å². The van der Waals surface area contributed by atoms with E-state index < -0.39 is 21.8 Å². The molecular formula is C22H17ClN4O5S. The van der Waals surface area contributed by atoms with Crippen molar-refractivity contribution in [3.8, 4) is 5.75 Å². The van der Waals surface area contributed by atoms with Gasteiger partial charge in [-0.2, -0.15) is 0 Å². The molecule has 9 nitrogen and oxygen atoms in total. The molecule has 0 saturated heterocycles. The lowest BCUT2D eigenvalue weighted by Gasteiger charge is -2.15. The number of nitrogens with one attached hydrogen (secondary N) is 2. The minimum Gasteiger partial charge on any atom is -0.497 e. The molecule has 168 valence electrons. The largest absolute Gasteiger partial charge is 0.497 e. The number of methoxy groups -OCH3 is 1. The van der Waals surface area contributed by atoms with Crippen molar-refractivity contribution < 1.29 is 22.7 Å². The second-order valence-electron chi connectivity index (χ2n) is 6.80. The van der Waals surface area contributed by atoms with Crippen molar-refractivity contribution >= 4 is 50.6 Å². The highest BCUT2D eigenvalue weighted by molar-refractivity contribution is 7.92. The van der Waals surface area contributed by atoms with Crippen LogP contribution in [0.5, 0.6) is 5.75 Å². The zero-order chi connectivity index (χ0) is 23.6. The first-order valence-corrected chi connectivity index (χ1v) is 11.4. The molecule has 0 atom stereocenters. The van der Waals surface area contributed by atoms with E-state index >= 15 is 0 Å². The Hall–Kier alpha value is -3.89. The third-order valence-electron chi connectivity index (χ3n) is 4.70. The van der Waals surface area contributed by atoms with Gasteiger partial charge < -0.3 is 10.1 Å². The number of carbonyl (C=O) groups excluding carboxylic acids is 2. The summed E-state index contributed by atoms with van der Waals surface area (Å²) < 4.78 is 32.5. The fraction of sp³-hybridized carbons (Fsp3) is 0.0455. The summed E-state index contributed by atoms with van der Waals surface area (Å²) in [4.78, 5) is 30.3. The zero-order valence-corrected chi connectivity index (χ0v) is 18.7. The van der Waals surface area contributed by atoms with Crippen LogP contribution < -0.4 is 19.7 Å². The van der Waals surface area contributed by atoms with Gasteiger partial charge in [0.1, 0.15) is 22.3 Å². The quantitative estimate of drug-likeness (QED) is 0.494. The number of ether oxygens (including phenoxy) is 1. The lowest BCUT2D eigenvalue weighted by Crippen LogP contribution is -2.32. The molecule has 2 heterocycles. The van der Waals surface area contributed by atoms with Gasteiger partial charge in [0.2, 0.25) is 0 Å². The number of amides is 2. The van der Waals surface area contributed by atoms with Gasteiger partial charge in [-0.05, 0) is 60.7 Å². The number of benzene rings is 2. The highest BCUT2D eigenvalue weighted by Crippen LogP contribution is 2.31. The van der Waals surface area contributed by atoms with E-state index in [1.165, 1.54) is 43.6 Å². The van der Waals surface area contributed by atoms with Crippen LogP contribution in [0.3, 0.4) is 0 Å². The van der Waals surface area contributed by atoms with E-state index in [2.05, 4.69) is 15.0 Å². The fourth-order valence-electron chi connectivity index (χ4n) is 3.06. The highest BCUT2D eigenvalue weighted by atomic mass is 35.5. The molecule has 0 radical (unpaired) electrons. The van der Waals surface area contributed by atoms with Gasteiger partial charge in [-0.15, -0.1) is 0 Å². The van der Waals surface area contributed by atoms with Gasteiger partial charge in [-0.25, -0.2) is 18.3 Å². The first kappa shape index (κ1) is 22.3. The highest BCUT2D eigenvalue weighted by Gasteiger charge is 2.39. The van der Waals surface area contributed by atoms with Gasteiger partial charge >= 0.3 is 0 Å². The van der Waals surface area contributed by atoms with Gasteiger partial charge in [0.05, 0.1) is 17.7 Å². The third-order valence-corrected chi connectivity index (χ3v) is 6.42. The maximum atomic E-state index is 12.9. The fourth-order valence-corrected chi connectivity index (χ4v) is 4.28. The van der Waals surface area contributed by atoms with Crippen molar-refractivity contribution in [1.82, 2.24) is 4.98 Å². The molecule has 2 aromatic carbocycles. The Morgan fingerprint density at radius 2 is 1.64 bits per heavy atom. The number of aromatic nitrogens is 1. The standard InChI is InChI=1S/C22H17ClN4O5S/c1-32-16-9-7-15(8-10-16)27-21(28)19(23)20(22(27)29)25-14-5-11-17(12-6-14)33(30,31)26-18-4-2-3-13-24-18/h2-13,25H,1H3,(H,24,26). The van der Waals surface area contributed by atoms with Crippen molar-refractivity contribution in [2.75, 3.05) is 22.0 Å². The Labute approximate surface area is 194 Å². The predicted molar refractivity (Wildman–Crippen MR) is 123 cm³/mol. The smallest absolute Gasteiger partial charge is 0.283 e. The molecule has 0 bridgehead atoms. The van der Waals surface area contributed by atoms with Crippen molar-refractivity contribution in [2.45, 2.75) is 4.90 Å². The van der Waals surface area contributed by atoms with E-state index in [1.807, 2.05) is 0 Å². The Morgan fingerprint density at radius 1 is 0.939 bits per heavy atom. The first-order chi connectivity index (χ1) is 15.8. The van der Waals surface area contributed by atoms with Crippen molar-refractivity contribution in [1.29, 1.82) is 0 Å². The molecule has 2 amide bonds. The number of rotatable bonds is 7. The van der Waals surface area contributed by atoms with E-state index in [0.29, 0.717) is 17.1 Å². The normalized spacial score (nSPS) is 13.9. The Balaban J connectivity index is 1.51. The number of carbonyl (C=O) groups is 2. The molecule has 0 fully saturated rings. The van der Waals surface area contributed by atoms with Crippen LogP contribution in [0.15, 0.2) is 88.6 Å². The summed E-state index contributed by atoms with van der Waals surface area (Å²) in [5.74, 6) is -0.551. The number of anilines is 3. The van der Waals surface area contributed by atoms with Gasteiger partial charge in [0.25, 0.3) is 21.8 Å². The summed E-state index contributed by atoms with van der Waals surface area (Å²) >= 11 is 6.14. The number of sulfonamides is 1. The zero-order valence-electron chi connectivity index (χ0n) is 17.2. The van der Waals surface area contributed by atoms with E-state index in [9.17, 15) is 18.0 Å². The summed E-state index contributed by atoms with van der Waals surface area (Å²) in [7, 11) is -2.35. The number of hydrogen-bond acceptors (Lipinski definition) is 7. The predicted octanol–water partition coefficient (Wildman–Crippen LogP) is 3.33. The number of hydrogen-bond donors (Lipinski definition) is 2. The van der Waals surface area contributed by atoms with Crippen LogP contribution in [0, 0.1) is 0 Å². The molecule has 4 rings (SSSR count). The van der Waals surface area contributed by atoms with Crippen LogP contribution in [-0.4, -0.2) is 32.3 Å². The molecule has 33 heavy (non-hydrogen) atoms. The number of imide groups is 1. The average Bonchev–Trinajstić information content (AvgIpc) is 3.03. The first-order valence-electron chi connectivity index (χ1n) is 9.54. The van der Waals surface area contributed by atoms with E-state index in [-0.39, 0.29) is 21.4 Å². The number of halogens is 1. The molecule has 1 aromatic heterocycles. The minimum atomic E-state index is -3.86. The van der Waals surface area contributed by atoms with Crippen LogP contribution >= 0.6 is 11.6 Å².